The van der Waals surface area contributed by atoms with Gasteiger partial charge in [-0.15, -0.1) is 0 Å². The van der Waals surface area contributed by atoms with E-state index in [1.54, 1.807) is 0 Å². The number of aromatic amines is 1. The second-order valence-electron chi connectivity index (χ2n) is 5.82. The smallest absolute Gasteiger partial charge is 0.111 e. The van der Waals surface area contributed by atoms with E-state index in [0.29, 0.717) is 0 Å². The van der Waals surface area contributed by atoms with Crippen LogP contribution in [-0.4, -0.2) is 9.97 Å². The van der Waals surface area contributed by atoms with E-state index in [-0.39, 0.29) is 0 Å². The minimum atomic E-state index is 0.834. The minimum Gasteiger partial charge on any atom is -0.342 e. The third kappa shape index (κ3) is 3.02. The van der Waals surface area contributed by atoms with Crippen LogP contribution in [0, 0.1) is 0 Å². The van der Waals surface area contributed by atoms with Gasteiger partial charge in [-0.1, -0.05) is 72.8 Å². The highest BCUT2D eigenvalue weighted by Gasteiger charge is 2.08. The fourth-order valence-electron chi connectivity index (χ4n) is 2.97. The average molecular weight is 298 g/mol. The molecule has 2 nitrogen and oxygen atoms in total. The van der Waals surface area contributed by atoms with Gasteiger partial charge in [0, 0.05) is 6.42 Å². The number of nitrogens with zero attached hydrogens (tertiary/aromatic N) is 1. The molecule has 1 aromatic heterocycles. The van der Waals surface area contributed by atoms with Gasteiger partial charge in [0.15, 0.2) is 0 Å². The Morgan fingerprint density at radius 1 is 0.652 bits per heavy atom. The molecule has 4 rings (SSSR count). The Balaban J connectivity index is 1.67. The third-order valence-corrected chi connectivity index (χ3v) is 4.10. The first-order chi connectivity index (χ1) is 11.4. The summed E-state index contributed by atoms with van der Waals surface area (Å²) < 4.78 is 0. The van der Waals surface area contributed by atoms with Crippen LogP contribution in [-0.2, 0) is 12.8 Å². The summed E-state index contributed by atoms with van der Waals surface area (Å²) in [7, 11) is 0. The van der Waals surface area contributed by atoms with Gasteiger partial charge in [-0.05, 0) is 29.2 Å². The lowest BCUT2D eigenvalue weighted by atomic mass is 10.0. The van der Waals surface area contributed by atoms with E-state index in [4.69, 9.17) is 4.98 Å². The number of nitrogens with one attached hydrogen (secondary N) is 1. The molecule has 0 saturated heterocycles. The van der Waals surface area contributed by atoms with Crippen LogP contribution in [0.2, 0.25) is 0 Å². The lowest BCUT2D eigenvalue weighted by molar-refractivity contribution is 1.04. The van der Waals surface area contributed by atoms with E-state index in [1.807, 2.05) is 6.07 Å². The van der Waals surface area contributed by atoms with Gasteiger partial charge in [0.2, 0.25) is 0 Å². The molecule has 1 N–H and O–H groups in total. The number of imidazole rings is 1. The summed E-state index contributed by atoms with van der Waals surface area (Å²) in [6.07, 6.45) is 1.74. The van der Waals surface area contributed by atoms with E-state index < -0.39 is 0 Å². The molecule has 2 heteroatoms. The van der Waals surface area contributed by atoms with E-state index in [2.05, 4.69) is 77.8 Å². The van der Waals surface area contributed by atoms with Gasteiger partial charge in [-0.25, -0.2) is 4.98 Å². The Morgan fingerprint density at radius 3 is 2.00 bits per heavy atom. The average Bonchev–Trinajstić information content (AvgIpc) is 3.00. The number of H-pyrrole nitrogens is 1. The molecule has 0 fully saturated rings. The molecule has 0 atom stereocenters. The van der Waals surface area contributed by atoms with Crippen LogP contribution in [0.3, 0.4) is 0 Å². The number of hydrogen-bond donors (Lipinski definition) is 1. The second-order valence-corrected chi connectivity index (χ2v) is 5.82. The quantitative estimate of drug-likeness (QED) is 0.579. The molecule has 0 saturated carbocycles. The summed E-state index contributed by atoms with van der Waals surface area (Å²) >= 11 is 0. The topological polar surface area (TPSA) is 28.7 Å². The second kappa shape index (κ2) is 6.09. The SMILES string of the molecule is c1ccc(Cc2nc3c(Cc4ccccc4)cccc3[nH]2)cc1. The molecule has 0 aliphatic carbocycles. The lowest BCUT2D eigenvalue weighted by Gasteiger charge is -2.02. The highest BCUT2D eigenvalue weighted by Crippen LogP contribution is 2.20. The van der Waals surface area contributed by atoms with Crippen molar-refractivity contribution in [3.8, 4) is 0 Å². The molecule has 0 aliphatic rings. The minimum absolute atomic E-state index is 0.834. The highest BCUT2D eigenvalue weighted by molar-refractivity contribution is 5.79. The normalized spacial score (nSPS) is 11.0. The third-order valence-electron chi connectivity index (χ3n) is 4.10. The molecular weight excluding hydrogens is 280 g/mol. The molecule has 0 radical (unpaired) electrons. The van der Waals surface area contributed by atoms with Gasteiger partial charge in [0.1, 0.15) is 5.82 Å². The van der Waals surface area contributed by atoms with Gasteiger partial charge in [0.25, 0.3) is 0 Å². The Labute approximate surface area is 135 Å². The van der Waals surface area contributed by atoms with Crippen LogP contribution >= 0.6 is 0 Å². The van der Waals surface area contributed by atoms with Crippen LogP contribution in [0.4, 0.5) is 0 Å². The molecule has 3 aromatic carbocycles. The van der Waals surface area contributed by atoms with E-state index in [9.17, 15) is 0 Å². The fourth-order valence-corrected chi connectivity index (χ4v) is 2.97. The predicted octanol–water partition coefficient (Wildman–Crippen LogP) is 4.74. The maximum atomic E-state index is 4.85. The molecule has 1 heterocycles. The number of aromatic nitrogens is 2. The van der Waals surface area contributed by atoms with Crippen molar-refractivity contribution >= 4 is 11.0 Å². The predicted molar refractivity (Wildman–Crippen MR) is 94.6 cm³/mol. The molecule has 112 valence electrons. The first-order valence-corrected chi connectivity index (χ1v) is 7.93. The van der Waals surface area contributed by atoms with Crippen molar-refractivity contribution in [1.29, 1.82) is 0 Å². The largest absolute Gasteiger partial charge is 0.342 e. The Kier molecular flexibility index (Phi) is 3.65. The lowest BCUT2D eigenvalue weighted by Crippen LogP contribution is -1.91. The van der Waals surface area contributed by atoms with Crippen molar-refractivity contribution in [1.82, 2.24) is 9.97 Å². The van der Waals surface area contributed by atoms with Gasteiger partial charge in [0.05, 0.1) is 11.0 Å². The Hall–Kier alpha value is -2.87. The van der Waals surface area contributed by atoms with Gasteiger partial charge < -0.3 is 4.98 Å². The summed E-state index contributed by atoms with van der Waals surface area (Å²) in [5, 5.41) is 0. The number of para-hydroxylation sites is 1. The Bertz CT molecular complexity index is 908. The summed E-state index contributed by atoms with van der Waals surface area (Å²) in [4.78, 5) is 8.31. The number of hydrogen-bond acceptors (Lipinski definition) is 1. The molecule has 0 aliphatic heterocycles. The molecule has 0 bridgehead atoms. The number of fused-ring (bicyclic) bond motifs is 1. The molecule has 23 heavy (non-hydrogen) atoms. The van der Waals surface area contributed by atoms with E-state index in [0.717, 1.165) is 29.7 Å². The maximum Gasteiger partial charge on any atom is 0.111 e. The van der Waals surface area contributed by atoms with Gasteiger partial charge in [-0.3, -0.25) is 0 Å². The summed E-state index contributed by atoms with van der Waals surface area (Å²) in [6, 6.07) is 27.4. The first-order valence-electron chi connectivity index (χ1n) is 7.93. The fraction of sp³-hybridized carbons (Fsp3) is 0.0952. The van der Waals surface area contributed by atoms with Crippen molar-refractivity contribution in [3.05, 3.63) is 101 Å². The zero-order chi connectivity index (χ0) is 15.5. The van der Waals surface area contributed by atoms with Crippen molar-refractivity contribution in [3.63, 3.8) is 0 Å². The van der Waals surface area contributed by atoms with Crippen molar-refractivity contribution in [2.24, 2.45) is 0 Å². The molecule has 0 spiro atoms. The number of rotatable bonds is 4. The molecule has 0 amide bonds. The van der Waals surface area contributed by atoms with Crippen LogP contribution in [0.15, 0.2) is 78.9 Å². The molecule has 4 aromatic rings. The number of benzene rings is 3. The summed E-state index contributed by atoms with van der Waals surface area (Å²) in [6.45, 7) is 0. The Morgan fingerprint density at radius 2 is 1.30 bits per heavy atom. The van der Waals surface area contributed by atoms with Crippen LogP contribution in [0.1, 0.15) is 22.5 Å². The van der Waals surface area contributed by atoms with E-state index >= 15 is 0 Å². The van der Waals surface area contributed by atoms with Gasteiger partial charge in [-0.2, -0.15) is 0 Å². The van der Waals surface area contributed by atoms with Crippen LogP contribution < -0.4 is 0 Å². The zero-order valence-electron chi connectivity index (χ0n) is 12.9. The van der Waals surface area contributed by atoms with Gasteiger partial charge >= 0.3 is 0 Å². The van der Waals surface area contributed by atoms with Crippen molar-refractivity contribution in [2.75, 3.05) is 0 Å². The van der Waals surface area contributed by atoms with Crippen LogP contribution in [0.5, 0.6) is 0 Å². The first kappa shape index (κ1) is 13.8. The van der Waals surface area contributed by atoms with E-state index in [1.165, 1.54) is 16.7 Å². The standard InChI is InChI=1S/C21H18N2/c1-3-8-16(9-4-1)14-18-12-7-13-19-21(18)23-20(22-19)15-17-10-5-2-6-11-17/h1-13H,14-15H2,(H,22,23). The molecular formula is C21H18N2. The zero-order valence-corrected chi connectivity index (χ0v) is 12.9. The highest BCUT2D eigenvalue weighted by atomic mass is 14.9. The van der Waals surface area contributed by atoms with Crippen molar-refractivity contribution in [2.45, 2.75) is 12.8 Å². The monoisotopic (exact) mass is 298 g/mol. The summed E-state index contributed by atoms with van der Waals surface area (Å²) in [5.74, 6) is 1.02. The molecule has 0 unspecified atom stereocenters. The van der Waals surface area contributed by atoms with Crippen molar-refractivity contribution < 1.29 is 0 Å². The maximum absolute atomic E-state index is 4.85. The van der Waals surface area contributed by atoms with Crippen LogP contribution in [0.25, 0.3) is 11.0 Å². The summed E-state index contributed by atoms with van der Waals surface area (Å²) in [5.41, 5.74) is 6.06.